The second kappa shape index (κ2) is 5.79. The molecule has 1 aromatic carbocycles. The Labute approximate surface area is 93.8 Å². The van der Waals surface area contributed by atoms with Crippen LogP contribution in [0.4, 0.5) is 0 Å². The SMILES string of the molecule is COc1ccc(CN(N)/C(=N\N)NN)cc1. The van der Waals surface area contributed by atoms with Crippen LogP contribution in [0.25, 0.3) is 0 Å². The van der Waals surface area contributed by atoms with Crippen LogP contribution in [0.5, 0.6) is 5.75 Å². The molecular formula is C9H16N6O. The molecule has 16 heavy (non-hydrogen) atoms. The van der Waals surface area contributed by atoms with Gasteiger partial charge in [-0.25, -0.2) is 11.7 Å². The highest BCUT2D eigenvalue weighted by Crippen LogP contribution is 2.11. The Morgan fingerprint density at radius 2 is 2.06 bits per heavy atom. The summed E-state index contributed by atoms with van der Waals surface area (Å²) in [5.74, 6) is 17.0. The summed E-state index contributed by atoms with van der Waals surface area (Å²) in [5, 5.41) is 4.70. The van der Waals surface area contributed by atoms with Gasteiger partial charge in [-0.05, 0) is 17.7 Å². The third-order valence-corrected chi connectivity index (χ3v) is 2.04. The first-order valence-corrected chi connectivity index (χ1v) is 4.61. The van der Waals surface area contributed by atoms with Crippen LogP contribution in [0.1, 0.15) is 5.56 Å². The lowest BCUT2D eigenvalue weighted by atomic mass is 10.2. The number of hydrazone groups is 1. The largest absolute Gasteiger partial charge is 0.497 e. The molecule has 0 spiro atoms. The van der Waals surface area contributed by atoms with Gasteiger partial charge in [-0.15, -0.1) is 5.10 Å². The number of ether oxygens (including phenoxy) is 1. The van der Waals surface area contributed by atoms with Crippen molar-refractivity contribution in [2.45, 2.75) is 6.54 Å². The Hall–Kier alpha value is -1.99. The molecular weight excluding hydrogens is 208 g/mol. The van der Waals surface area contributed by atoms with Crippen molar-refractivity contribution in [3.05, 3.63) is 29.8 Å². The van der Waals surface area contributed by atoms with E-state index in [-0.39, 0.29) is 5.96 Å². The Morgan fingerprint density at radius 1 is 1.44 bits per heavy atom. The quantitative estimate of drug-likeness (QED) is 0.228. The Kier molecular flexibility index (Phi) is 4.37. The lowest BCUT2D eigenvalue weighted by Gasteiger charge is -2.18. The van der Waals surface area contributed by atoms with E-state index in [0.717, 1.165) is 11.3 Å². The van der Waals surface area contributed by atoms with Crippen LogP contribution in [-0.2, 0) is 6.54 Å². The van der Waals surface area contributed by atoms with E-state index in [4.69, 9.17) is 22.3 Å². The summed E-state index contributed by atoms with van der Waals surface area (Å²) in [7, 11) is 1.61. The van der Waals surface area contributed by atoms with Crippen molar-refractivity contribution in [3.8, 4) is 5.75 Å². The van der Waals surface area contributed by atoms with Gasteiger partial charge in [-0.3, -0.25) is 10.4 Å². The van der Waals surface area contributed by atoms with Crippen LogP contribution in [-0.4, -0.2) is 18.1 Å². The molecule has 0 saturated carbocycles. The molecule has 1 rings (SSSR count). The number of guanidine groups is 1. The Morgan fingerprint density at radius 3 is 2.50 bits per heavy atom. The molecule has 0 bridgehead atoms. The predicted octanol–water partition coefficient (Wildman–Crippen LogP) is -0.936. The van der Waals surface area contributed by atoms with E-state index in [1.54, 1.807) is 7.11 Å². The summed E-state index contributed by atoms with van der Waals surface area (Å²) < 4.78 is 5.04. The molecule has 0 aliphatic heterocycles. The fourth-order valence-corrected chi connectivity index (χ4v) is 1.20. The maximum Gasteiger partial charge on any atom is 0.244 e. The minimum Gasteiger partial charge on any atom is -0.497 e. The van der Waals surface area contributed by atoms with E-state index >= 15 is 0 Å². The van der Waals surface area contributed by atoms with Crippen molar-refractivity contribution >= 4 is 5.96 Å². The van der Waals surface area contributed by atoms with Crippen LogP contribution in [0, 0.1) is 0 Å². The zero-order chi connectivity index (χ0) is 12.0. The highest BCUT2D eigenvalue weighted by Gasteiger charge is 2.05. The molecule has 0 unspecified atom stereocenters. The zero-order valence-corrected chi connectivity index (χ0v) is 9.05. The highest BCUT2D eigenvalue weighted by molar-refractivity contribution is 5.78. The summed E-state index contributed by atoms with van der Waals surface area (Å²) in [6.45, 7) is 0.435. The van der Waals surface area contributed by atoms with Crippen LogP contribution < -0.4 is 27.7 Å². The van der Waals surface area contributed by atoms with Crippen LogP contribution in [0.2, 0.25) is 0 Å². The van der Waals surface area contributed by atoms with Gasteiger partial charge in [0, 0.05) is 0 Å². The summed E-state index contributed by atoms with van der Waals surface area (Å²) in [6.07, 6.45) is 0. The third-order valence-electron chi connectivity index (χ3n) is 2.04. The second-order valence-electron chi connectivity index (χ2n) is 3.07. The Bertz CT molecular complexity index is 350. The van der Waals surface area contributed by atoms with Gasteiger partial charge in [0.25, 0.3) is 0 Å². The summed E-state index contributed by atoms with van der Waals surface area (Å²) in [6, 6.07) is 7.48. The first-order valence-electron chi connectivity index (χ1n) is 4.61. The maximum atomic E-state index is 5.69. The standard InChI is InChI=1S/C9H16N6O/c1-16-8-4-2-7(3-5-8)6-15(12)9(13-10)14-11/h2-5H,6,10-12H2,1H3,(H,13,14). The Balaban J connectivity index is 2.65. The molecule has 88 valence electrons. The smallest absolute Gasteiger partial charge is 0.244 e. The molecule has 0 amide bonds. The molecule has 0 aliphatic rings. The third kappa shape index (κ3) is 3.01. The monoisotopic (exact) mass is 224 g/mol. The zero-order valence-electron chi connectivity index (χ0n) is 9.05. The number of nitrogens with zero attached hydrogens (tertiary/aromatic N) is 2. The van der Waals surface area contributed by atoms with Crippen LogP contribution in [0.15, 0.2) is 29.4 Å². The molecule has 0 aliphatic carbocycles. The minimum absolute atomic E-state index is 0.204. The number of nitrogens with two attached hydrogens (primary N) is 3. The molecule has 0 radical (unpaired) electrons. The van der Waals surface area contributed by atoms with Gasteiger partial charge in [0.2, 0.25) is 5.96 Å². The molecule has 7 heteroatoms. The second-order valence-corrected chi connectivity index (χ2v) is 3.07. The van der Waals surface area contributed by atoms with E-state index in [9.17, 15) is 0 Å². The van der Waals surface area contributed by atoms with Crippen molar-refractivity contribution < 1.29 is 4.74 Å². The molecule has 0 fully saturated rings. The number of benzene rings is 1. The van der Waals surface area contributed by atoms with Crippen molar-refractivity contribution in [2.75, 3.05) is 7.11 Å². The number of hydrazine groups is 2. The van der Waals surface area contributed by atoms with Crippen molar-refractivity contribution in [2.24, 2.45) is 22.6 Å². The van der Waals surface area contributed by atoms with E-state index in [2.05, 4.69) is 10.5 Å². The molecule has 0 atom stereocenters. The van der Waals surface area contributed by atoms with Gasteiger partial charge < -0.3 is 10.6 Å². The average molecular weight is 224 g/mol. The summed E-state index contributed by atoms with van der Waals surface area (Å²) in [5.41, 5.74) is 3.28. The van der Waals surface area contributed by atoms with Crippen LogP contribution >= 0.6 is 0 Å². The fourth-order valence-electron chi connectivity index (χ4n) is 1.20. The average Bonchev–Trinajstić information content (AvgIpc) is 2.31. The van der Waals surface area contributed by atoms with Crippen molar-refractivity contribution in [1.82, 2.24) is 10.4 Å². The first kappa shape index (κ1) is 12.1. The molecule has 0 heterocycles. The lowest BCUT2D eigenvalue weighted by Crippen LogP contribution is -2.48. The highest BCUT2D eigenvalue weighted by atomic mass is 16.5. The van der Waals surface area contributed by atoms with Crippen molar-refractivity contribution in [3.63, 3.8) is 0 Å². The number of rotatable bonds is 3. The predicted molar refractivity (Wildman–Crippen MR) is 61.7 cm³/mol. The van der Waals surface area contributed by atoms with Gasteiger partial charge in [0.1, 0.15) is 5.75 Å². The summed E-state index contributed by atoms with van der Waals surface area (Å²) >= 11 is 0. The molecule has 7 nitrogen and oxygen atoms in total. The van der Waals surface area contributed by atoms with Crippen molar-refractivity contribution in [1.29, 1.82) is 0 Å². The molecule has 0 aromatic heterocycles. The molecule has 1 aromatic rings. The number of hydrogen-bond donors (Lipinski definition) is 4. The van der Waals surface area contributed by atoms with Crippen LogP contribution in [0.3, 0.4) is 0 Å². The normalized spacial score (nSPS) is 11.1. The van der Waals surface area contributed by atoms with E-state index in [1.165, 1.54) is 5.01 Å². The van der Waals surface area contributed by atoms with Gasteiger partial charge in [0.05, 0.1) is 13.7 Å². The van der Waals surface area contributed by atoms with Gasteiger partial charge in [-0.1, -0.05) is 12.1 Å². The summed E-state index contributed by atoms with van der Waals surface area (Å²) in [4.78, 5) is 0. The minimum atomic E-state index is 0.204. The number of methoxy groups -OCH3 is 1. The first-order chi connectivity index (χ1) is 7.71. The van der Waals surface area contributed by atoms with Gasteiger partial charge in [0.15, 0.2) is 0 Å². The van der Waals surface area contributed by atoms with E-state index in [1.807, 2.05) is 24.3 Å². The number of nitrogens with one attached hydrogen (secondary N) is 1. The topological polar surface area (TPSA) is 115 Å². The molecule has 7 N–H and O–H groups in total. The molecule has 0 saturated heterocycles. The van der Waals surface area contributed by atoms with E-state index in [0.29, 0.717) is 6.54 Å². The number of hydrogen-bond acceptors (Lipinski definition) is 5. The lowest BCUT2D eigenvalue weighted by molar-refractivity contribution is 0.408. The van der Waals surface area contributed by atoms with Gasteiger partial charge in [-0.2, -0.15) is 0 Å². The van der Waals surface area contributed by atoms with Gasteiger partial charge >= 0.3 is 0 Å². The maximum absolute atomic E-state index is 5.69. The van der Waals surface area contributed by atoms with E-state index < -0.39 is 0 Å². The fraction of sp³-hybridized carbons (Fsp3) is 0.222.